The summed E-state index contributed by atoms with van der Waals surface area (Å²) in [5, 5.41) is 12.1. The van der Waals surface area contributed by atoms with E-state index in [2.05, 4.69) is 5.32 Å². The Balaban J connectivity index is 1.88. The minimum atomic E-state index is -0.937. The maximum Gasteiger partial charge on any atom is 0.308 e. The number of carboxylic acids is 1. The number of benzene rings is 1. The Bertz CT molecular complexity index is 540. The number of carbonyl (C=O) groups is 2. The molecule has 6 nitrogen and oxygen atoms in total. The third-order valence-corrected chi connectivity index (χ3v) is 3.99. The Morgan fingerprint density at radius 3 is 2.87 bits per heavy atom. The van der Waals surface area contributed by atoms with Gasteiger partial charge in [0.15, 0.2) is 0 Å². The van der Waals surface area contributed by atoms with Gasteiger partial charge in [0.1, 0.15) is 5.75 Å². The predicted molar refractivity (Wildman–Crippen MR) is 84.4 cm³/mol. The molecule has 1 heterocycles. The molecule has 6 heteroatoms. The van der Waals surface area contributed by atoms with Crippen molar-refractivity contribution in [1.82, 2.24) is 5.32 Å². The molecule has 0 radical (unpaired) electrons. The molecule has 2 rings (SSSR count). The van der Waals surface area contributed by atoms with Crippen LogP contribution in [0, 0.1) is 5.92 Å². The molecule has 1 aromatic rings. The summed E-state index contributed by atoms with van der Waals surface area (Å²) < 4.78 is 10.7. The largest absolute Gasteiger partial charge is 0.496 e. The van der Waals surface area contributed by atoms with Gasteiger partial charge in [-0.25, -0.2) is 0 Å². The van der Waals surface area contributed by atoms with Crippen LogP contribution in [0.1, 0.15) is 24.8 Å². The summed E-state index contributed by atoms with van der Waals surface area (Å²) in [5.74, 6) is -1.14. The van der Waals surface area contributed by atoms with Crippen LogP contribution in [0.4, 0.5) is 0 Å². The zero-order valence-electron chi connectivity index (χ0n) is 13.3. The monoisotopic (exact) mass is 321 g/mol. The Labute approximate surface area is 135 Å². The highest BCUT2D eigenvalue weighted by Crippen LogP contribution is 2.21. The number of carbonyl (C=O) groups excluding carboxylic acids is 1. The summed E-state index contributed by atoms with van der Waals surface area (Å²) in [7, 11) is 1.55. The number of aliphatic carboxylic acids is 1. The molecule has 2 N–H and O–H groups in total. The smallest absolute Gasteiger partial charge is 0.308 e. The van der Waals surface area contributed by atoms with Crippen molar-refractivity contribution in [3.63, 3.8) is 0 Å². The van der Waals surface area contributed by atoms with Crippen molar-refractivity contribution in [1.29, 1.82) is 0 Å². The summed E-state index contributed by atoms with van der Waals surface area (Å²) in [4.78, 5) is 23.3. The Kier molecular flexibility index (Phi) is 6.40. The van der Waals surface area contributed by atoms with E-state index in [1.165, 1.54) is 0 Å². The molecule has 23 heavy (non-hydrogen) atoms. The van der Waals surface area contributed by atoms with Crippen LogP contribution in [-0.2, 0) is 20.7 Å². The minimum absolute atomic E-state index is 0.0347. The fourth-order valence-corrected chi connectivity index (χ4v) is 2.71. The van der Waals surface area contributed by atoms with Gasteiger partial charge in [0.2, 0.25) is 5.91 Å². The number of ether oxygens (including phenoxy) is 2. The van der Waals surface area contributed by atoms with E-state index in [0.717, 1.165) is 18.4 Å². The Morgan fingerprint density at radius 2 is 2.22 bits per heavy atom. The van der Waals surface area contributed by atoms with Gasteiger partial charge < -0.3 is 19.9 Å². The van der Waals surface area contributed by atoms with Crippen molar-refractivity contribution >= 4 is 11.9 Å². The van der Waals surface area contributed by atoms with E-state index >= 15 is 0 Å². The fourth-order valence-electron chi connectivity index (χ4n) is 2.71. The van der Waals surface area contributed by atoms with Gasteiger partial charge in [-0.05, 0) is 30.9 Å². The number of rotatable bonds is 8. The van der Waals surface area contributed by atoms with Gasteiger partial charge in [-0.1, -0.05) is 18.2 Å². The van der Waals surface area contributed by atoms with E-state index in [-0.39, 0.29) is 18.6 Å². The highest BCUT2D eigenvalue weighted by atomic mass is 16.5. The van der Waals surface area contributed by atoms with E-state index in [9.17, 15) is 14.7 Å². The van der Waals surface area contributed by atoms with Crippen molar-refractivity contribution in [2.75, 3.05) is 20.3 Å². The highest BCUT2D eigenvalue weighted by Gasteiger charge is 2.23. The number of carboxylic acid groups (broad SMARTS) is 1. The number of para-hydroxylation sites is 1. The van der Waals surface area contributed by atoms with Crippen LogP contribution >= 0.6 is 0 Å². The van der Waals surface area contributed by atoms with Gasteiger partial charge in [0, 0.05) is 13.2 Å². The van der Waals surface area contributed by atoms with Crippen LogP contribution in [0.3, 0.4) is 0 Å². The third kappa shape index (κ3) is 5.25. The van der Waals surface area contributed by atoms with Gasteiger partial charge in [0.05, 0.1) is 25.6 Å². The van der Waals surface area contributed by atoms with Crippen LogP contribution in [0.5, 0.6) is 5.75 Å². The van der Waals surface area contributed by atoms with E-state index in [4.69, 9.17) is 9.47 Å². The van der Waals surface area contributed by atoms with Crippen molar-refractivity contribution in [2.24, 2.45) is 5.92 Å². The van der Waals surface area contributed by atoms with Gasteiger partial charge >= 0.3 is 5.97 Å². The first kappa shape index (κ1) is 17.3. The van der Waals surface area contributed by atoms with Crippen molar-refractivity contribution in [2.45, 2.75) is 31.8 Å². The van der Waals surface area contributed by atoms with E-state index < -0.39 is 11.9 Å². The molecule has 0 aliphatic carbocycles. The van der Waals surface area contributed by atoms with Crippen LogP contribution in [0.15, 0.2) is 24.3 Å². The predicted octanol–water partition coefficient (Wildman–Crippen LogP) is 1.62. The molecule has 1 aliphatic rings. The normalized spacial score (nSPS) is 18.4. The van der Waals surface area contributed by atoms with Crippen molar-refractivity contribution < 1.29 is 24.2 Å². The molecule has 0 aromatic heterocycles. The fraction of sp³-hybridized carbons (Fsp3) is 0.529. The third-order valence-electron chi connectivity index (χ3n) is 3.99. The van der Waals surface area contributed by atoms with Crippen molar-refractivity contribution in [3.05, 3.63) is 29.8 Å². The van der Waals surface area contributed by atoms with Gasteiger partial charge in [-0.2, -0.15) is 0 Å². The molecule has 0 bridgehead atoms. The van der Waals surface area contributed by atoms with Crippen LogP contribution in [0.25, 0.3) is 0 Å². The van der Waals surface area contributed by atoms with Gasteiger partial charge in [-0.3, -0.25) is 9.59 Å². The van der Waals surface area contributed by atoms with Crippen LogP contribution < -0.4 is 10.1 Å². The summed E-state index contributed by atoms with van der Waals surface area (Å²) in [5.41, 5.74) is 0.816. The van der Waals surface area contributed by atoms with E-state index in [0.29, 0.717) is 25.2 Å². The highest BCUT2D eigenvalue weighted by molar-refractivity contribution is 5.78. The quantitative estimate of drug-likeness (QED) is 0.760. The van der Waals surface area contributed by atoms with Crippen LogP contribution in [0.2, 0.25) is 0 Å². The molecular weight excluding hydrogens is 298 g/mol. The SMILES string of the molecule is COc1ccccc1CC(CNC(=O)CC1CCCO1)C(=O)O. The Hall–Kier alpha value is -2.08. The summed E-state index contributed by atoms with van der Waals surface area (Å²) >= 11 is 0. The number of hydrogen-bond acceptors (Lipinski definition) is 4. The standard InChI is InChI=1S/C17H23NO5/c1-22-15-7-3-2-5-12(15)9-13(17(20)21)11-18-16(19)10-14-6-4-8-23-14/h2-3,5,7,13-14H,4,6,8-11H2,1H3,(H,18,19)(H,20,21). The number of methoxy groups -OCH3 is 1. The first-order valence-corrected chi connectivity index (χ1v) is 7.83. The lowest BCUT2D eigenvalue weighted by atomic mass is 9.98. The topological polar surface area (TPSA) is 84.9 Å². The average molecular weight is 321 g/mol. The molecular formula is C17H23NO5. The molecule has 1 fully saturated rings. The van der Waals surface area contributed by atoms with E-state index in [1.807, 2.05) is 18.2 Å². The maximum absolute atomic E-state index is 11.9. The molecule has 1 amide bonds. The second-order valence-electron chi connectivity index (χ2n) is 5.69. The second-order valence-corrected chi connectivity index (χ2v) is 5.69. The molecule has 1 saturated heterocycles. The van der Waals surface area contributed by atoms with Crippen molar-refractivity contribution in [3.8, 4) is 5.75 Å². The average Bonchev–Trinajstić information content (AvgIpc) is 3.04. The molecule has 2 unspecified atom stereocenters. The van der Waals surface area contributed by atoms with Gasteiger partial charge in [-0.15, -0.1) is 0 Å². The van der Waals surface area contributed by atoms with Crippen LogP contribution in [-0.4, -0.2) is 43.3 Å². The molecule has 0 spiro atoms. The zero-order valence-corrected chi connectivity index (χ0v) is 13.3. The lowest BCUT2D eigenvalue weighted by Crippen LogP contribution is -2.35. The molecule has 126 valence electrons. The summed E-state index contributed by atoms with van der Waals surface area (Å²) in [6, 6.07) is 7.31. The molecule has 1 aliphatic heterocycles. The van der Waals surface area contributed by atoms with Gasteiger partial charge in [0.25, 0.3) is 0 Å². The Morgan fingerprint density at radius 1 is 1.43 bits per heavy atom. The molecule has 1 aromatic carbocycles. The number of amides is 1. The lowest BCUT2D eigenvalue weighted by molar-refractivity contribution is -0.141. The summed E-state index contributed by atoms with van der Waals surface area (Å²) in [6.07, 6.45) is 2.42. The molecule has 2 atom stereocenters. The zero-order chi connectivity index (χ0) is 16.7. The molecule has 0 saturated carbocycles. The first-order chi connectivity index (χ1) is 11.1. The maximum atomic E-state index is 11.9. The minimum Gasteiger partial charge on any atom is -0.496 e. The number of nitrogens with one attached hydrogen (secondary N) is 1. The summed E-state index contributed by atoms with van der Waals surface area (Å²) in [6.45, 7) is 0.794. The lowest BCUT2D eigenvalue weighted by Gasteiger charge is -2.16. The second kappa shape index (κ2) is 8.53. The first-order valence-electron chi connectivity index (χ1n) is 7.83. The number of hydrogen-bond donors (Lipinski definition) is 2. The van der Waals surface area contributed by atoms with E-state index in [1.54, 1.807) is 13.2 Å².